The quantitative estimate of drug-likeness (QED) is 0.134. The molecule has 8 heterocycles. The predicted molar refractivity (Wildman–Crippen MR) is 205 cm³/mol. The first-order valence-corrected chi connectivity index (χ1v) is 17.6. The van der Waals surface area contributed by atoms with Gasteiger partial charge in [0.25, 0.3) is 0 Å². The lowest BCUT2D eigenvalue weighted by atomic mass is 9.95. The number of hydrogen-bond donors (Lipinski definition) is 0. The third kappa shape index (κ3) is 7.08. The Bertz CT molecular complexity index is 2420. The van der Waals surface area contributed by atoms with Crippen molar-refractivity contribution in [1.29, 1.82) is 0 Å². The summed E-state index contributed by atoms with van der Waals surface area (Å²) >= 11 is 0. The lowest BCUT2D eigenvalue weighted by molar-refractivity contribution is 0.618. The Morgan fingerprint density at radius 3 is 0.870 bits per heavy atom. The third-order valence-electron chi connectivity index (χ3n) is 9.20. The maximum absolute atomic E-state index is 4.98. The molecule has 262 valence electrons. The highest BCUT2D eigenvalue weighted by atomic mass is 15.3. The molecular formula is C42H34N12. The molecule has 8 aromatic heterocycles. The molecule has 54 heavy (non-hydrogen) atoms. The Labute approximate surface area is 311 Å². The van der Waals surface area contributed by atoms with Crippen molar-refractivity contribution < 1.29 is 0 Å². The molecule has 0 radical (unpaired) electrons. The number of benzene rings is 1. The van der Waals surface area contributed by atoms with Crippen molar-refractivity contribution in [2.45, 2.75) is 26.2 Å². The highest BCUT2D eigenvalue weighted by Crippen LogP contribution is 2.27. The smallest absolute Gasteiger partial charge is 0.111 e. The Hall–Kier alpha value is -7.34. The van der Waals surface area contributed by atoms with Crippen LogP contribution in [0.2, 0.25) is 0 Å². The van der Waals surface area contributed by atoms with E-state index in [0.29, 0.717) is 26.2 Å². The number of pyridine rings is 4. The molecule has 0 aliphatic carbocycles. The van der Waals surface area contributed by atoms with Gasteiger partial charge in [-0.3, -0.25) is 38.7 Å². The maximum atomic E-state index is 4.98. The summed E-state index contributed by atoms with van der Waals surface area (Å²) in [6, 6.07) is 35.8. The summed E-state index contributed by atoms with van der Waals surface area (Å²) in [4.78, 5) is 18.1. The monoisotopic (exact) mass is 706 g/mol. The van der Waals surface area contributed by atoms with Gasteiger partial charge in [0.2, 0.25) is 0 Å². The first-order valence-electron chi connectivity index (χ1n) is 17.6. The fourth-order valence-corrected chi connectivity index (χ4v) is 6.56. The van der Waals surface area contributed by atoms with Crippen LogP contribution in [0, 0.1) is 0 Å². The topological polar surface area (TPSA) is 123 Å². The highest BCUT2D eigenvalue weighted by molar-refractivity contribution is 5.55. The molecule has 1 aromatic carbocycles. The molecule has 12 heteroatoms. The molecule has 0 saturated heterocycles. The molecule has 0 N–H and O–H groups in total. The molecule has 0 fully saturated rings. The molecular weight excluding hydrogens is 673 g/mol. The second-order valence-corrected chi connectivity index (χ2v) is 12.8. The van der Waals surface area contributed by atoms with Gasteiger partial charge in [-0.15, -0.1) is 0 Å². The van der Waals surface area contributed by atoms with E-state index < -0.39 is 0 Å². The fourth-order valence-electron chi connectivity index (χ4n) is 6.56. The Kier molecular flexibility index (Phi) is 8.87. The minimum Gasteiger partial charge on any atom is -0.268 e. The molecule has 0 aliphatic rings. The van der Waals surface area contributed by atoms with Gasteiger partial charge in [-0.05, 0) is 95.1 Å². The largest absolute Gasteiger partial charge is 0.268 e. The first kappa shape index (κ1) is 32.6. The summed E-state index contributed by atoms with van der Waals surface area (Å²) in [5.74, 6) is 0. The zero-order valence-electron chi connectivity index (χ0n) is 29.2. The van der Waals surface area contributed by atoms with Crippen LogP contribution >= 0.6 is 0 Å². The van der Waals surface area contributed by atoms with E-state index in [2.05, 4.69) is 32.1 Å². The summed E-state index contributed by atoms with van der Waals surface area (Å²) in [6.45, 7) is 2.14. The first-order chi connectivity index (χ1) is 26.7. The SMILES string of the molecule is c1ccc(-c2ccn(Cc3ccc(Cn4ccc(-c5ccccn5)n4)c(Cn4ccc(-c5ccccn5)n4)c3Cn3ccc(-c4ccccn4)n3)n2)nc1. The van der Waals surface area contributed by atoms with Gasteiger partial charge in [-0.1, -0.05) is 36.4 Å². The minimum absolute atomic E-state index is 0.520. The van der Waals surface area contributed by atoms with Crippen LogP contribution in [0.5, 0.6) is 0 Å². The Morgan fingerprint density at radius 1 is 0.296 bits per heavy atom. The lowest BCUT2D eigenvalue weighted by Gasteiger charge is -2.20. The van der Waals surface area contributed by atoms with Crippen molar-refractivity contribution in [3.8, 4) is 45.6 Å². The zero-order valence-corrected chi connectivity index (χ0v) is 29.2. The molecule has 0 atom stereocenters. The van der Waals surface area contributed by atoms with E-state index >= 15 is 0 Å². The predicted octanol–water partition coefficient (Wildman–Crippen LogP) is 6.91. The molecule has 0 unspecified atom stereocenters. The Balaban J connectivity index is 1.13. The van der Waals surface area contributed by atoms with Crippen LogP contribution in [0.1, 0.15) is 22.3 Å². The van der Waals surface area contributed by atoms with Gasteiger partial charge >= 0.3 is 0 Å². The molecule has 0 spiro atoms. The van der Waals surface area contributed by atoms with Crippen LogP contribution in [0.3, 0.4) is 0 Å². The Morgan fingerprint density at radius 2 is 0.593 bits per heavy atom. The minimum atomic E-state index is 0.520. The van der Waals surface area contributed by atoms with Crippen LogP contribution in [0.4, 0.5) is 0 Å². The van der Waals surface area contributed by atoms with Crippen LogP contribution in [-0.4, -0.2) is 59.1 Å². The number of hydrogen-bond acceptors (Lipinski definition) is 8. The molecule has 0 aliphatic heterocycles. The van der Waals surface area contributed by atoms with E-state index in [4.69, 9.17) is 20.4 Å². The van der Waals surface area contributed by atoms with Crippen molar-refractivity contribution in [3.63, 3.8) is 0 Å². The standard InChI is InChI=1S/C42H34N12/c1-5-19-43-35(9-1)39-15-23-51(47-39)27-31-13-14-32(28-52-24-16-40(48-52)36-10-2-6-20-44-36)34(30-54-26-18-42(50-54)38-12-4-8-22-46-38)33(31)29-53-25-17-41(49-53)37-11-3-7-21-45-37/h1-26H,27-30H2. The molecule has 0 bridgehead atoms. The zero-order chi connectivity index (χ0) is 36.1. The van der Waals surface area contributed by atoms with Crippen molar-refractivity contribution in [2.75, 3.05) is 0 Å². The molecule has 0 amide bonds. The number of nitrogens with zero attached hydrogens (tertiary/aromatic N) is 12. The van der Waals surface area contributed by atoms with Gasteiger partial charge in [0.05, 0.1) is 49.0 Å². The van der Waals surface area contributed by atoms with Gasteiger partial charge in [0.15, 0.2) is 0 Å². The van der Waals surface area contributed by atoms with E-state index in [9.17, 15) is 0 Å². The van der Waals surface area contributed by atoms with E-state index in [0.717, 1.165) is 67.8 Å². The van der Waals surface area contributed by atoms with E-state index in [-0.39, 0.29) is 0 Å². The summed E-state index contributed by atoms with van der Waals surface area (Å²) in [7, 11) is 0. The highest BCUT2D eigenvalue weighted by Gasteiger charge is 2.19. The molecule has 12 nitrogen and oxygen atoms in total. The van der Waals surface area contributed by atoms with Crippen molar-refractivity contribution in [1.82, 2.24) is 59.1 Å². The fraction of sp³-hybridized carbons (Fsp3) is 0.0952. The molecule has 9 aromatic rings. The van der Waals surface area contributed by atoms with Crippen LogP contribution in [0.25, 0.3) is 45.6 Å². The van der Waals surface area contributed by atoms with Crippen molar-refractivity contribution in [2.24, 2.45) is 0 Å². The van der Waals surface area contributed by atoms with Crippen LogP contribution in [-0.2, 0) is 26.2 Å². The average molecular weight is 707 g/mol. The van der Waals surface area contributed by atoms with Crippen LogP contribution in [0.15, 0.2) is 159 Å². The summed E-state index contributed by atoms with van der Waals surface area (Å²) < 4.78 is 7.89. The van der Waals surface area contributed by atoms with Gasteiger partial charge in [0.1, 0.15) is 22.8 Å². The molecule has 9 rings (SSSR count). The van der Waals surface area contributed by atoms with E-state index in [1.807, 2.05) is 141 Å². The van der Waals surface area contributed by atoms with Gasteiger partial charge < -0.3 is 0 Å². The van der Waals surface area contributed by atoms with E-state index in [1.165, 1.54) is 0 Å². The van der Waals surface area contributed by atoms with Crippen molar-refractivity contribution in [3.05, 3.63) is 181 Å². The van der Waals surface area contributed by atoms with Crippen molar-refractivity contribution >= 4 is 0 Å². The van der Waals surface area contributed by atoms with Gasteiger partial charge in [-0.25, -0.2) is 0 Å². The van der Waals surface area contributed by atoms with E-state index in [1.54, 1.807) is 24.8 Å². The van der Waals surface area contributed by atoms with Gasteiger partial charge in [-0.2, -0.15) is 20.4 Å². The average Bonchev–Trinajstić information content (AvgIpc) is 4.07. The summed E-state index contributed by atoms with van der Waals surface area (Å²) in [5, 5.41) is 19.8. The normalized spacial score (nSPS) is 11.3. The molecule has 0 saturated carbocycles. The lowest BCUT2D eigenvalue weighted by Crippen LogP contribution is -2.16. The van der Waals surface area contributed by atoms with Crippen LogP contribution < -0.4 is 0 Å². The summed E-state index contributed by atoms with van der Waals surface area (Å²) in [5.41, 5.74) is 11.1. The van der Waals surface area contributed by atoms with Gasteiger partial charge in [0, 0.05) is 49.6 Å². The second-order valence-electron chi connectivity index (χ2n) is 12.8. The second kappa shape index (κ2) is 14.7. The number of rotatable bonds is 12. The number of aromatic nitrogens is 12. The maximum Gasteiger partial charge on any atom is 0.111 e. The third-order valence-corrected chi connectivity index (χ3v) is 9.20. The summed E-state index contributed by atoms with van der Waals surface area (Å²) in [6.07, 6.45) is 15.2.